The molecule has 1 aliphatic heterocycles. The van der Waals surface area contributed by atoms with E-state index in [9.17, 15) is 4.79 Å². The van der Waals surface area contributed by atoms with Crippen LogP contribution in [-0.4, -0.2) is 43.7 Å². The molecule has 1 N–H and O–H groups in total. The van der Waals surface area contributed by atoms with Gasteiger partial charge in [-0.05, 0) is 32.0 Å². The quantitative estimate of drug-likeness (QED) is 0.833. The van der Waals surface area contributed by atoms with E-state index in [1.54, 1.807) is 0 Å². The fourth-order valence-corrected chi connectivity index (χ4v) is 2.79. The number of esters is 1. The second kappa shape index (κ2) is 6.17. The van der Waals surface area contributed by atoms with E-state index in [1.165, 1.54) is 12.7 Å². The highest BCUT2D eigenvalue weighted by Crippen LogP contribution is 2.23. The third-order valence-electron chi connectivity index (χ3n) is 3.88. The van der Waals surface area contributed by atoms with Crippen LogP contribution in [0.25, 0.3) is 0 Å². The Bertz CT molecular complexity index is 421. The summed E-state index contributed by atoms with van der Waals surface area (Å²) in [7, 11) is 3.29. The van der Waals surface area contributed by atoms with Crippen molar-refractivity contribution >= 4 is 5.97 Å². The van der Waals surface area contributed by atoms with Gasteiger partial charge in [-0.2, -0.15) is 0 Å². The van der Waals surface area contributed by atoms with Crippen LogP contribution in [-0.2, 0) is 16.1 Å². The summed E-state index contributed by atoms with van der Waals surface area (Å²) in [5, 5.41) is 3.17. The number of methoxy groups -OCH3 is 1. The van der Waals surface area contributed by atoms with Gasteiger partial charge in [-0.1, -0.05) is 30.3 Å². The van der Waals surface area contributed by atoms with Crippen molar-refractivity contribution in [3.8, 4) is 0 Å². The Kier molecular flexibility index (Phi) is 4.56. The van der Waals surface area contributed by atoms with E-state index < -0.39 is 5.54 Å². The van der Waals surface area contributed by atoms with Crippen LogP contribution < -0.4 is 5.32 Å². The van der Waals surface area contributed by atoms with Gasteiger partial charge in [0.2, 0.25) is 0 Å². The molecule has 0 radical (unpaired) electrons. The minimum Gasteiger partial charge on any atom is -0.468 e. The summed E-state index contributed by atoms with van der Waals surface area (Å²) in [5.74, 6) is -0.159. The predicted molar refractivity (Wildman–Crippen MR) is 74.8 cm³/mol. The van der Waals surface area contributed by atoms with Gasteiger partial charge in [0.15, 0.2) is 0 Å². The topological polar surface area (TPSA) is 41.6 Å². The van der Waals surface area contributed by atoms with Crippen molar-refractivity contribution in [2.24, 2.45) is 0 Å². The number of hydrogen-bond acceptors (Lipinski definition) is 4. The zero-order valence-electron chi connectivity index (χ0n) is 11.7. The highest BCUT2D eigenvalue weighted by atomic mass is 16.5. The number of likely N-dealkylation sites (N-methyl/N-ethyl adjacent to an activating group) is 1. The third kappa shape index (κ3) is 3.14. The maximum absolute atomic E-state index is 12.0. The summed E-state index contributed by atoms with van der Waals surface area (Å²) >= 11 is 0. The number of ether oxygens (including phenoxy) is 1. The van der Waals surface area contributed by atoms with Gasteiger partial charge < -0.3 is 10.1 Å². The lowest BCUT2D eigenvalue weighted by Gasteiger charge is -2.40. The van der Waals surface area contributed by atoms with Crippen LogP contribution in [0.15, 0.2) is 30.3 Å². The first kappa shape index (κ1) is 14.0. The number of carbonyl (C=O) groups excluding carboxylic acids is 1. The number of hydrogen-bond donors (Lipinski definition) is 1. The molecule has 0 saturated carbocycles. The van der Waals surface area contributed by atoms with Gasteiger partial charge in [0, 0.05) is 13.1 Å². The minimum atomic E-state index is -0.554. The standard InChI is InChI=1S/C15H22N2O2/c1-16-15(14(18)19-2)9-6-10-17(12-15)11-13-7-4-3-5-8-13/h3-5,7-8,16H,6,9-12H2,1-2H3. The van der Waals surface area contributed by atoms with E-state index in [2.05, 4.69) is 22.3 Å². The smallest absolute Gasteiger partial charge is 0.327 e. The molecule has 0 aliphatic carbocycles. The van der Waals surface area contributed by atoms with Gasteiger partial charge in [-0.15, -0.1) is 0 Å². The van der Waals surface area contributed by atoms with Crippen molar-refractivity contribution in [2.45, 2.75) is 24.9 Å². The van der Waals surface area contributed by atoms with Crippen LogP contribution >= 0.6 is 0 Å². The third-order valence-corrected chi connectivity index (χ3v) is 3.88. The molecule has 1 aromatic carbocycles. The Morgan fingerprint density at radius 3 is 2.79 bits per heavy atom. The molecule has 0 spiro atoms. The molecule has 1 aliphatic rings. The molecule has 1 unspecified atom stereocenters. The highest BCUT2D eigenvalue weighted by Gasteiger charge is 2.41. The van der Waals surface area contributed by atoms with E-state index in [-0.39, 0.29) is 5.97 Å². The monoisotopic (exact) mass is 262 g/mol. The molecule has 0 amide bonds. The molecule has 1 fully saturated rings. The first-order chi connectivity index (χ1) is 9.20. The van der Waals surface area contributed by atoms with E-state index in [0.29, 0.717) is 6.54 Å². The predicted octanol–water partition coefficient (Wildman–Crippen LogP) is 1.41. The molecule has 2 rings (SSSR count). The van der Waals surface area contributed by atoms with Crippen molar-refractivity contribution in [3.63, 3.8) is 0 Å². The Balaban J connectivity index is 2.06. The van der Waals surface area contributed by atoms with Crippen molar-refractivity contribution in [1.29, 1.82) is 0 Å². The van der Waals surface area contributed by atoms with E-state index >= 15 is 0 Å². The molecule has 1 heterocycles. The molecule has 4 heteroatoms. The molecular weight excluding hydrogens is 240 g/mol. The fourth-order valence-electron chi connectivity index (χ4n) is 2.79. The highest BCUT2D eigenvalue weighted by molar-refractivity contribution is 5.81. The van der Waals surface area contributed by atoms with Crippen LogP contribution in [0.4, 0.5) is 0 Å². The summed E-state index contributed by atoms with van der Waals surface area (Å²) in [5.41, 5.74) is 0.723. The maximum atomic E-state index is 12.0. The number of piperidine rings is 1. The van der Waals surface area contributed by atoms with Crippen LogP contribution in [0, 0.1) is 0 Å². The van der Waals surface area contributed by atoms with Gasteiger partial charge in [0.1, 0.15) is 5.54 Å². The maximum Gasteiger partial charge on any atom is 0.327 e. The van der Waals surface area contributed by atoms with Crippen molar-refractivity contribution in [1.82, 2.24) is 10.2 Å². The number of nitrogens with zero attached hydrogens (tertiary/aromatic N) is 1. The number of carbonyl (C=O) groups is 1. The Morgan fingerprint density at radius 2 is 2.16 bits per heavy atom. The first-order valence-corrected chi connectivity index (χ1v) is 6.74. The Morgan fingerprint density at radius 1 is 1.42 bits per heavy atom. The molecule has 4 nitrogen and oxygen atoms in total. The second-order valence-corrected chi connectivity index (χ2v) is 5.12. The summed E-state index contributed by atoms with van der Waals surface area (Å²) in [6, 6.07) is 10.4. The molecule has 1 saturated heterocycles. The lowest BCUT2D eigenvalue weighted by Crippen LogP contribution is -2.60. The first-order valence-electron chi connectivity index (χ1n) is 6.74. The molecular formula is C15H22N2O2. The van der Waals surface area contributed by atoms with Gasteiger partial charge in [-0.25, -0.2) is 0 Å². The van der Waals surface area contributed by atoms with Crippen molar-refractivity contribution < 1.29 is 9.53 Å². The van der Waals surface area contributed by atoms with Gasteiger partial charge >= 0.3 is 5.97 Å². The molecule has 1 atom stereocenters. The largest absolute Gasteiger partial charge is 0.468 e. The van der Waals surface area contributed by atoms with Gasteiger partial charge in [0.05, 0.1) is 7.11 Å². The van der Waals surface area contributed by atoms with E-state index in [4.69, 9.17) is 4.74 Å². The normalized spacial score (nSPS) is 24.1. The fraction of sp³-hybridized carbons (Fsp3) is 0.533. The molecule has 104 valence electrons. The summed E-state index contributed by atoms with van der Waals surface area (Å²) in [4.78, 5) is 14.3. The molecule has 1 aromatic rings. The van der Waals surface area contributed by atoms with Gasteiger partial charge in [0.25, 0.3) is 0 Å². The molecule has 0 aromatic heterocycles. The van der Waals surface area contributed by atoms with Crippen LogP contribution in [0.1, 0.15) is 18.4 Å². The van der Waals surface area contributed by atoms with Gasteiger partial charge in [-0.3, -0.25) is 9.69 Å². The van der Waals surface area contributed by atoms with Crippen LogP contribution in [0.3, 0.4) is 0 Å². The number of nitrogens with one attached hydrogen (secondary N) is 1. The lowest BCUT2D eigenvalue weighted by atomic mass is 9.89. The average Bonchev–Trinajstić information content (AvgIpc) is 2.47. The SMILES string of the molecule is CNC1(C(=O)OC)CCCN(Cc2ccccc2)C1. The number of likely N-dealkylation sites (tertiary alicyclic amines) is 1. The number of rotatable bonds is 4. The summed E-state index contributed by atoms with van der Waals surface area (Å²) in [6.07, 6.45) is 1.84. The van der Waals surface area contributed by atoms with Crippen LogP contribution in [0.2, 0.25) is 0 Å². The molecule has 0 bridgehead atoms. The van der Waals surface area contributed by atoms with E-state index in [1.807, 2.05) is 25.2 Å². The van der Waals surface area contributed by atoms with E-state index in [0.717, 1.165) is 25.9 Å². The Labute approximate surface area is 114 Å². The van der Waals surface area contributed by atoms with Crippen LogP contribution in [0.5, 0.6) is 0 Å². The lowest BCUT2D eigenvalue weighted by molar-refractivity contribution is -0.151. The number of benzene rings is 1. The Hall–Kier alpha value is -1.39. The van der Waals surface area contributed by atoms with Crippen molar-refractivity contribution in [2.75, 3.05) is 27.2 Å². The minimum absolute atomic E-state index is 0.159. The molecule has 19 heavy (non-hydrogen) atoms. The second-order valence-electron chi connectivity index (χ2n) is 5.12. The zero-order valence-corrected chi connectivity index (χ0v) is 11.7. The average molecular weight is 262 g/mol. The zero-order chi connectivity index (χ0) is 13.7. The summed E-state index contributed by atoms with van der Waals surface area (Å²) in [6.45, 7) is 2.60. The summed E-state index contributed by atoms with van der Waals surface area (Å²) < 4.78 is 4.95. The van der Waals surface area contributed by atoms with Crippen molar-refractivity contribution in [3.05, 3.63) is 35.9 Å².